The van der Waals surface area contributed by atoms with Crippen molar-refractivity contribution in [2.75, 3.05) is 23.8 Å². The Balaban J connectivity index is 1.56. The van der Waals surface area contributed by atoms with E-state index in [4.69, 9.17) is 16.2 Å². The number of aryl methyl sites for hydroxylation is 1. The minimum absolute atomic E-state index is 0.398. The van der Waals surface area contributed by atoms with E-state index in [1.165, 1.54) is 11.3 Å². The van der Waals surface area contributed by atoms with E-state index in [0.717, 1.165) is 38.4 Å². The molecule has 3 aromatic heterocycles. The molecule has 9 heteroatoms. The third kappa shape index (κ3) is 3.53. The molecule has 5 rings (SSSR count). The average Bonchev–Trinajstić information content (AvgIpc) is 2.99. The summed E-state index contributed by atoms with van der Waals surface area (Å²) < 4.78 is 6.07. The van der Waals surface area contributed by atoms with Crippen LogP contribution in [-0.2, 0) is 6.54 Å². The van der Waals surface area contributed by atoms with Crippen LogP contribution >= 0.6 is 11.3 Å². The molecule has 1 aliphatic rings. The molecule has 4 N–H and O–H groups in total. The number of rotatable bonds is 3. The maximum Gasteiger partial charge on any atom is 0.252 e. The highest BCUT2D eigenvalue weighted by atomic mass is 32.1. The molecule has 1 aromatic carbocycles. The number of nitrogens with two attached hydrogens (primary N) is 2. The van der Waals surface area contributed by atoms with E-state index in [1.54, 1.807) is 18.3 Å². The molecule has 8 nitrogen and oxygen atoms in total. The fraction of sp³-hybridized carbons (Fsp3) is 0.182. The number of carbonyl (C=O) groups excluding carboxylic acids is 1. The van der Waals surface area contributed by atoms with Crippen LogP contribution in [-0.4, -0.2) is 34.0 Å². The molecule has 156 valence electrons. The summed E-state index contributed by atoms with van der Waals surface area (Å²) in [6.07, 6.45) is 3.50. The number of anilines is 2. The Kier molecular flexibility index (Phi) is 4.67. The normalized spacial score (nSPS) is 13.5. The highest BCUT2D eigenvalue weighted by Crippen LogP contribution is 2.35. The van der Waals surface area contributed by atoms with Crippen molar-refractivity contribution in [1.29, 1.82) is 0 Å². The van der Waals surface area contributed by atoms with Gasteiger partial charge in [-0.3, -0.25) is 4.79 Å². The quantitative estimate of drug-likeness (QED) is 0.510. The molecule has 4 heterocycles. The van der Waals surface area contributed by atoms with Gasteiger partial charge in [-0.25, -0.2) is 15.0 Å². The predicted molar refractivity (Wildman–Crippen MR) is 121 cm³/mol. The van der Waals surface area contributed by atoms with Gasteiger partial charge in [-0.05, 0) is 48.4 Å². The van der Waals surface area contributed by atoms with Gasteiger partial charge in [0, 0.05) is 30.1 Å². The molecule has 0 bridgehead atoms. The molecule has 0 spiro atoms. The summed E-state index contributed by atoms with van der Waals surface area (Å²) in [4.78, 5) is 28.0. The van der Waals surface area contributed by atoms with E-state index in [1.807, 2.05) is 24.1 Å². The van der Waals surface area contributed by atoms with Crippen LogP contribution in [0.5, 0.6) is 5.75 Å². The van der Waals surface area contributed by atoms with Crippen LogP contribution in [0.25, 0.3) is 21.5 Å². The molecule has 0 saturated carbocycles. The molecule has 31 heavy (non-hydrogen) atoms. The zero-order chi connectivity index (χ0) is 21.5. The zero-order valence-electron chi connectivity index (χ0n) is 16.8. The molecule has 0 radical (unpaired) electrons. The number of carbonyl (C=O) groups is 1. The number of nitrogens with zero attached hydrogens (tertiary/aromatic N) is 4. The van der Waals surface area contributed by atoms with Crippen molar-refractivity contribution in [2.45, 2.75) is 13.5 Å². The van der Waals surface area contributed by atoms with Gasteiger partial charge in [-0.15, -0.1) is 0 Å². The van der Waals surface area contributed by atoms with Gasteiger partial charge in [0.2, 0.25) is 0 Å². The van der Waals surface area contributed by atoms with Gasteiger partial charge in [0.15, 0.2) is 5.13 Å². The Bertz CT molecular complexity index is 1320. The SMILES string of the molecule is Cc1cc(-c2cnc3sc(N)nc3c2)cc2c1OCCN(c1ncccc1C(N)=O)C2. The van der Waals surface area contributed by atoms with Gasteiger partial charge in [0.05, 0.1) is 12.1 Å². The number of nitrogen functional groups attached to an aromatic ring is 1. The molecule has 0 fully saturated rings. The van der Waals surface area contributed by atoms with Crippen LogP contribution in [0.2, 0.25) is 0 Å². The minimum atomic E-state index is -0.500. The summed E-state index contributed by atoms with van der Waals surface area (Å²) in [6.45, 7) is 3.64. The Labute approximate surface area is 182 Å². The smallest absolute Gasteiger partial charge is 0.252 e. The van der Waals surface area contributed by atoms with Crippen molar-refractivity contribution < 1.29 is 9.53 Å². The zero-order valence-corrected chi connectivity index (χ0v) is 17.6. The largest absolute Gasteiger partial charge is 0.491 e. The van der Waals surface area contributed by atoms with Crippen LogP contribution < -0.4 is 21.1 Å². The van der Waals surface area contributed by atoms with Crippen LogP contribution in [0, 0.1) is 6.92 Å². The fourth-order valence-corrected chi connectivity index (χ4v) is 4.56. The number of benzene rings is 1. The van der Waals surface area contributed by atoms with Crippen molar-refractivity contribution in [3.8, 4) is 16.9 Å². The number of fused-ring (bicyclic) bond motifs is 2. The fourth-order valence-electron chi connectivity index (χ4n) is 3.90. The predicted octanol–water partition coefficient (Wildman–Crippen LogP) is 3.14. The van der Waals surface area contributed by atoms with Crippen molar-refractivity contribution in [2.24, 2.45) is 5.73 Å². The summed E-state index contributed by atoms with van der Waals surface area (Å²) in [7, 11) is 0. The summed E-state index contributed by atoms with van der Waals surface area (Å²) in [5, 5.41) is 0.502. The lowest BCUT2D eigenvalue weighted by Gasteiger charge is -2.23. The summed E-state index contributed by atoms with van der Waals surface area (Å²) in [6, 6.07) is 9.58. The first kappa shape index (κ1) is 19.3. The second-order valence-corrected chi connectivity index (χ2v) is 8.40. The first-order valence-corrected chi connectivity index (χ1v) is 10.6. The number of amides is 1. The molecule has 0 unspecified atom stereocenters. The lowest BCUT2D eigenvalue weighted by atomic mass is 9.99. The van der Waals surface area contributed by atoms with Crippen LogP contribution in [0.4, 0.5) is 10.9 Å². The standard InChI is InChI=1S/C22H20N6O2S/c1-12-7-13(14-9-17-21(26-10-14)31-22(24)27-17)8-15-11-28(5-6-30-18(12)15)20-16(19(23)29)3-2-4-25-20/h2-4,7-10H,5-6,11H2,1H3,(H2,23,29)(H2,24,27). The lowest BCUT2D eigenvalue weighted by molar-refractivity contribution is 0.100. The molecule has 1 aliphatic heterocycles. The molecule has 1 amide bonds. The van der Waals surface area contributed by atoms with E-state index in [-0.39, 0.29) is 0 Å². The number of thiazole rings is 1. The van der Waals surface area contributed by atoms with E-state index in [2.05, 4.69) is 27.1 Å². The highest BCUT2D eigenvalue weighted by Gasteiger charge is 2.22. The summed E-state index contributed by atoms with van der Waals surface area (Å²) in [5.41, 5.74) is 16.6. The number of hydrogen-bond acceptors (Lipinski definition) is 8. The Morgan fingerprint density at radius 1 is 1.23 bits per heavy atom. The average molecular weight is 433 g/mol. The van der Waals surface area contributed by atoms with Gasteiger partial charge in [0.1, 0.15) is 28.5 Å². The molecule has 0 saturated heterocycles. The number of ether oxygens (including phenoxy) is 1. The van der Waals surface area contributed by atoms with E-state index in [0.29, 0.717) is 36.2 Å². The number of pyridine rings is 2. The van der Waals surface area contributed by atoms with E-state index in [9.17, 15) is 4.79 Å². The lowest BCUT2D eigenvalue weighted by Crippen LogP contribution is -2.29. The van der Waals surface area contributed by atoms with Crippen molar-refractivity contribution in [3.63, 3.8) is 0 Å². The third-order valence-corrected chi connectivity index (χ3v) is 6.08. The number of hydrogen-bond donors (Lipinski definition) is 2. The third-order valence-electron chi connectivity index (χ3n) is 5.27. The second-order valence-electron chi connectivity index (χ2n) is 7.39. The highest BCUT2D eigenvalue weighted by molar-refractivity contribution is 7.21. The monoisotopic (exact) mass is 432 g/mol. The first-order chi connectivity index (χ1) is 15.0. The van der Waals surface area contributed by atoms with E-state index >= 15 is 0 Å². The number of aromatic nitrogens is 3. The maximum absolute atomic E-state index is 11.9. The summed E-state index contributed by atoms with van der Waals surface area (Å²) >= 11 is 1.37. The second kappa shape index (κ2) is 7.51. The Hall–Kier alpha value is -3.72. The molecule has 0 atom stereocenters. The molecular weight excluding hydrogens is 412 g/mol. The molecular formula is C22H20N6O2S. The van der Waals surface area contributed by atoms with Gasteiger partial charge >= 0.3 is 0 Å². The van der Waals surface area contributed by atoms with Crippen molar-refractivity contribution in [1.82, 2.24) is 15.0 Å². The minimum Gasteiger partial charge on any atom is -0.491 e. The van der Waals surface area contributed by atoms with Crippen LogP contribution in [0.3, 0.4) is 0 Å². The number of primary amides is 1. The Morgan fingerprint density at radius 2 is 2.10 bits per heavy atom. The Morgan fingerprint density at radius 3 is 2.94 bits per heavy atom. The van der Waals surface area contributed by atoms with Crippen molar-refractivity contribution in [3.05, 3.63) is 59.4 Å². The first-order valence-electron chi connectivity index (χ1n) is 9.78. The van der Waals surface area contributed by atoms with E-state index < -0.39 is 5.91 Å². The molecule has 0 aliphatic carbocycles. The van der Waals surface area contributed by atoms with Gasteiger partial charge in [-0.1, -0.05) is 11.3 Å². The van der Waals surface area contributed by atoms with Gasteiger partial charge in [-0.2, -0.15) is 0 Å². The van der Waals surface area contributed by atoms with Gasteiger partial charge < -0.3 is 21.1 Å². The maximum atomic E-state index is 11.9. The van der Waals surface area contributed by atoms with Crippen molar-refractivity contribution >= 4 is 38.5 Å². The topological polar surface area (TPSA) is 120 Å². The summed E-state index contributed by atoms with van der Waals surface area (Å²) in [5.74, 6) is 0.922. The van der Waals surface area contributed by atoms with Crippen LogP contribution in [0.1, 0.15) is 21.5 Å². The van der Waals surface area contributed by atoms with Gasteiger partial charge in [0.25, 0.3) is 5.91 Å². The molecule has 4 aromatic rings. The van der Waals surface area contributed by atoms with Crippen LogP contribution in [0.15, 0.2) is 42.7 Å².